The number of rotatable bonds is 8. The highest BCUT2D eigenvalue weighted by Crippen LogP contribution is 2.21. The van der Waals surface area contributed by atoms with Gasteiger partial charge < -0.3 is 5.32 Å². The van der Waals surface area contributed by atoms with Crippen LogP contribution < -0.4 is 5.32 Å². The molecular formula is C8H15F4NS. The Hall–Kier alpha value is 0.0300. The summed E-state index contributed by atoms with van der Waals surface area (Å²) in [7, 11) is 0. The molecule has 0 aromatic carbocycles. The summed E-state index contributed by atoms with van der Waals surface area (Å²) in [6.07, 6.45) is 0.0219. The zero-order chi connectivity index (χ0) is 11.0. The lowest BCUT2D eigenvalue weighted by molar-refractivity contribution is -0.125. The van der Waals surface area contributed by atoms with Gasteiger partial charge in [-0.2, -0.15) is 20.5 Å². The van der Waals surface area contributed by atoms with Crippen LogP contribution in [0.5, 0.6) is 0 Å². The van der Waals surface area contributed by atoms with Crippen LogP contribution in [0.2, 0.25) is 0 Å². The molecule has 86 valence electrons. The van der Waals surface area contributed by atoms with E-state index in [1.165, 1.54) is 0 Å². The summed E-state index contributed by atoms with van der Waals surface area (Å²) in [6, 6.07) is 0. The van der Waals surface area contributed by atoms with E-state index in [1.807, 2.05) is 6.26 Å². The zero-order valence-corrected chi connectivity index (χ0v) is 8.85. The van der Waals surface area contributed by atoms with E-state index < -0.39 is 18.9 Å². The summed E-state index contributed by atoms with van der Waals surface area (Å²) in [6.45, 7) is -0.577. The lowest BCUT2D eigenvalue weighted by Gasteiger charge is -2.15. The number of nitrogens with one attached hydrogen (secondary N) is 1. The first-order valence-corrected chi connectivity index (χ1v) is 5.75. The molecule has 0 amide bonds. The van der Waals surface area contributed by atoms with Crippen molar-refractivity contribution in [3.8, 4) is 0 Å². The van der Waals surface area contributed by atoms with Crippen LogP contribution in [0.25, 0.3) is 0 Å². The maximum absolute atomic E-state index is 12.3. The van der Waals surface area contributed by atoms with E-state index in [0.717, 1.165) is 18.6 Å². The van der Waals surface area contributed by atoms with E-state index in [4.69, 9.17) is 0 Å². The van der Waals surface area contributed by atoms with Crippen molar-refractivity contribution in [3.63, 3.8) is 0 Å². The molecule has 0 heterocycles. The molecule has 0 atom stereocenters. The third-order valence-electron chi connectivity index (χ3n) is 1.63. The molecule has 0 aliphatic carbocycles. The summed E-state index contributed by atoms with van der Waals surface area (Å²) >= 11 is 1.67. The van der Waals surface area contributed by atoms with Gasteiger partial charge >= 0.3 is 12.3 Å². The number of hydrogen-bond acceptors (Lipinski definition) is 2. The average molecular weight is 233 g/mol. The van der Waals surface area contributed by atoms with Crippen molar-refractivity contribution in [2.75, 3.05) is 25.1 Å². The molecule has 1 nitrogen and oxygen atoms in total. The number of unbranched alkanes of at least 4 members (excludes halogenated alkanes) is 1. The topological polar surface area (TPSA) is 12.0 Å². The molecule has 0 aliphatic heterocycles. The fourth-order valence-electron chi connectivity index (χ4n) is 0.829. The highest BCUT2D eigenvalue weighted by atomic mass is 32.2. The van der Waals surface area contributed by atoms with Gasteiger partial charge in [-0.1, -0.05) is 0 Å². The van der Waals surface area contributed by atoms with Gasteiger partial charge in [-0.3, -0.25) is 0 Å². The molecule has 0 spiro atoms. The Labute approximate surface area is 85.6 Å². The van der Waals surface area contributed by atoms with Crippen molar-refractivity contribution in [1.29, 1.82) is 0 Å². The van der Waals surface area contributed by atoms with Gasteiger partial charge in [-0.25, -0.2) is 8.78 Å². The summed E-state index contributed by atoms with van der Waals surface area (Å²) in [4.78, 5) is 0. The van der Waals surface area contributed by atoms with Crippen LogP contribution in [-0.4, -0.2) is 37.4 Å². The largest absolute Gasteiger partial charge is 0.319 e. The third-order valence-corrected chi connectivity index (χ3v) is 2.33. The molecular weight excluding hydrogens is 218 g/mol. The minimum atomic E-state index is -3.90. The molecule has 0 aromatic heterocycles. The molecule has 0 bridgehead atoms. The fourth-order valence-corrected chi connectivity index (χ4v) is 1.32. The van der Waals surface area contributed by atoms with Crippen molar-refractivity contribution in [2.24, 2.45) is 0 Å². The van der Waals surface area contributed by atoms with Crippen molar-refractivity contribution in [3.05, 3.63) is 0 Å². The van der Waals surface area contributed by atoms with Gasteiger partial charge in [-0.15, -0.1) is 0 Å². The quantitative estimate of drug-likeness (QED) is 0.511. The summed E-state index contributed by atoms with van der Waals surface area (Å²) in [5.74, 6) is -2.94. The van der Waals surface area contributed by atoms with E-state index in [-0.39, 0.29) is 0 Å². The van der Waals surface area contributed by atoms with Gasteiger partial charge in [0.05, 0.1) is 6.54 Å². The normalized spacial score (nSPS) is 12.4. The number of alkyl halides is 4. The fraction of sp³-hybridized carbons (Fsp3) is 1.00. The van der Waals surface area contributed by atoms with E-state index in [1.54, 1.807) is 11.8 Å². The number of halogens is 4. The van der Waals surface area contributed by atoms with Crippen LogP contribution in [0.4, 0.5) is 17.6 Å². The van der Waals surface area contributed by atoms with Gasteiger partial charge in [-0.05, 0) is 31.4 Å². The Balaban J connectivity index is 3.35. The van der Waals surface area contributed by atoms with E-state index in [9.17, 15) is 17.6 Å². The molecule has 0 aromatic rings. The Bertz CT molecular complexity index is 143. The molecule has 0 saturated heterocycles. The molecule has 14 heavy (non-hydrogen) atoms. The lowest BCUT2D eigenvalue weighted by atomic mass is 10.3. The van der Waals surface area contributed by atoms with E-state index in [2.05, 4.69) is 5.32 Å². The smallest absolute Gasteiger partial charge is 0.311 e. The van der Waals surface area contributed by atoms with Crippen molar-refractivity contribution >= 4 is 11.8 Å². The first kappa shape index (κ1) is 14.0. The predicted molar refractivity (Wildman–Crippen MR) is 51.4 cm³/mol. The predicted octanol–water partition coefficient (Wildman–Crippen LogP) is 2.62. The first-order chi connectivity index (χ1) is 6.50. The molecule has 0 aliphatic rings. The summed E-state index contributed by atoms with van der Waals surface area (Å²) in [5, 5.41) is 2.33. The van der Waals surface area contributed by atoms with Gasteiger partial charge in [0.1, 0.15) is 0 Å². The Morgan fingerprint density at radius 2 is 1.93 bits per heavy atom. The molecule has 1 N–H and O–H groups in total. The van der Waals surface area contributed by atoms with Crippen LogP contribution in [-0.2, 0) is 0 Å². The molecule has 0 saturated carbocycles. The molecule has 0 radical (unpaired) electrons. The first-order valence-electron chi connectivity index (χ1n) is 4.36. The molecule has 0 fully saturated rings. The standard InChI is InChI=1S/C8H15F4NS/c1-14-5-3-2-4-13-6-8(11,12)7(9)10/h7,13H,2-6H2,1H3. The van der Waals surface area contributed by atoms with Gasteiger partial charge in [0, 0.05) is 0 Å². The number of thioether (sulfide) groups is 1. The van der Waals surface area contributed by atoms with Crippen LogP contribution in [0.1, 0.15) is 12.8 Å². The van der Waals surface area contributed by atoms with Crippen LogP contribution in [0.15, 0.2) is 0 Å². The van der Waals surface area contributed by atoms with Gasteiger partial charge in [0.25, 0.3) is 0 Å². The second kappa shape index (κ2) is 7.34. The van der Waals surface area contributed by atoms with Crippen molar-refractivity contribution in [1.82, 2.24) is 5.32 Å². The van der Waals surface area contributed by atoms with Crippen LogP contribution in [0.3, 0.4) is 0 Å². The zero-order valence-electron chi connectivity index (χ0n) is 8.03. The maximum Gasteiger partial charge on any atom is 0.319 e. The summed E-state index contributed by atoms with van der Waals surface area (Å²) < 4.78 is 47.9. The summed E-state index contributed by atoms with van der Waals surface area (Å²) in [5.41, 5.74) is 0. The van der Waals surface area contributed by atoms with E-state index >= 15 is 0 Å². The Kier molecular flexibility index (Phi) is 7.35. The third kappa shape index (κ3) is 6.48. The van der Waals surface area contributed by atoms with Crippen molar-refractivity contribution in [2.45, 2.75) is 25.2 Å². The Morgan fingerprint density at radius 3 is 2.43 bits per heavy atom. The average Bonchev–Trinajstić information content (AvgIpc) is 2.10. The van der Waals surface area contributed by atoms with Crippen LogP contribution in [0, 0.1) is 0 Å². The van der Waals surface area contributed by atoms with E-state index in [0.29, 0.717) is 6.54 Å². The molecule has 6 heteroatoms. The highest BCUT2D eigenvalue weighted by molar-refractivity contribution is 7.98. The van der Waals surface area contributed by atoms with Gasteiger partial charge in [0.2, 0.25) is 0 Å². The number of hydrogen-bond donors (Lipinski definition) is 1. The van der Waals surface area contributed by atoms with Gasteiger partial charge in [0.15, 0.2) is 0 Å². The Morgan fingerprint density at radius 1 is 1.29 bits per heavy atom. The second-order valence-electron chi connectivity index (χ2n) is 2.94. The van der Waals surface area contributed by atoms with Crippen molar-refractivity contribution < 1.29 is 17.6 Å². The minimum absolute atomic E-state index is 0.364. The maximum atomic E-state index is 12.3. The monoisotopic (exact) mass is 233 g/mol. The highest BCUT2D eigenvalue weighted by Gasteiger charge is 2.39. The molecule has 0 unspecified atom stereocenters. The lowest BCUT2D eigenvalue weighted by Crippen LogP contribution is -2.39. The SMILES string of the molecule is CSCCCCNCC(F)(F)C(F)F. The van der Waals surface area contributed by atoms with Crippen LogP contribution >= 0.6 is 11.8 Å². The molecule has 0 rings (SSSR count). The minimum Gasteiger partial charge on any atom is -0.311 e. The second-order valence-corrected chi connectivity index (χ2v) is 3.92.